The van der Waals surface area contributed by atoms with E-state index in [0.717, 1.165) is 60.4 Å². The normalized spacial score (nSPS) is 12.5. The monoisotopic (exact) mass is 901 g/mol. The number of fused-ring (bicyclic) bond motifs is 14. The van der Waals surface area contributed by atoms with Crippen LogP contribution in [0, 0.1) is 11.3 Å². The highest BCUT2D eigenvalue weighted by Gasteiger charge is 2.41. The number of furan rings is 2. The highest BCUT2D eigenvalue weighted by atomic mass is 19.4. The number of halogens is 6. The summed E-state index contributed by atoms with van der Waals surface area (Å²) in [5.41, 5.74) is 3.37. The zero-order valence-corrected chi connectivity index (χ0v) is 35.2. The SMILES string of the molecule is N#Cc1ccc(-n2c3ccccc3c3c4oc5ccccc5c4ccc32)c(-c2ccc(-c3c(C(F)(F)F)cccc3C(F)(F)F)cc2-n2c3ccccc3c3c4oc5ccccc5c4ccc32)c1. The van der Waals surface area contributed by atoms with Gasteiger partial charge in [0.2, 0.25) is 0 Å². The maximum absolute atomic E-state index is 15.0. The van der Waals surface area contributed by atoms with Gasteiger partial charge in [0.05, 0.1) is 67.0 Å². The first-order chi connectivity index (χ1) is 33.0. The quantitative estimate of drug-likeness (QED) is 0.165. The van der Waals surface area contributed by atoms with Crippen molar-refractivity contribution >= 4 is 87.5 Å². The fourth-order valence-corrected chi connectivity index (χ4v) is 10.4. The van der Waals surface area contributed by atoms with Crippen LogP contribution in [0.1, 0.15) is 16.7 Å². The Kier molecular flexibility index (Phi) is 8.23. The predicted octanol–water partition coefficient (Wildman–Crippen LogP) is 16.9. The number of aromatic nitrogens is 2. The molecule has 0 saturated carbocycles. The van der Waals surface area contributed by atoms with Gasteiger partial charge in [-0.15, -0.1) is 0 Å². The molecular formula is C57H29F6N3O2. The summed E-state index contributed by atoms with van der Waals surface area (Å²) in [7, 11) is 0. The third kappa shape index (κ3) is 5.64. The van der Waals surface area contributed by atoms with Crippen molar-refractivity contribution in [2.75, 3.05) is 0 Å². The standard InChI is InChI=1S/C57H29F6N3O2/c58-56(59,60)41-14-9-15-42(57(61,62)63)51(41)32-21-22-33(48(29-32)66-44-17-6-2-13-39(44)53-47(66)27-24-37-35-11-4-8-19-50(35)68-55(37)53)40-28-31(30-64)20-25-45(40)65-43-16-5-1-12-38(43)52-46(65)26-23-36-34-10-3-7-18-49(34)67-54(36)52/h1-29H. The number of hydrogen-bond donors (Lipinski definition) is 0. The van der Waals surface area contributed by atoms with Gasteiger partial charge in [0, 0.05) is 49.0 Å². The summed E-state index contributed by atoms with van der Waals surface area (Å²) in [6.07, 6.45) is -10.3. The Morgan fingerprint density at radius 2 is 0.912 bits per heavy atom. The number of rotatable bonds is 4. The first-order valence-electron chi connectivity index (χ1n) is 21.6. The number of benzene rings is 9. The van der Waals surface area contributed by atoms with E-state index in [1.807, 2.05) is 132 Å². The molecule has 13 rings (SSSR count). The number of hydrogen-bond acceptors (Lipinski definition) is 3. The maximum Gasteiger partial charge on any atom is 0.417 e. The lowest BCUT2D eigenvalue weighted by Gasteiger charge is -2.22. The first kappa shape index (κ1) is 39.6. The maximum atomic E-state index is 15.0. The van der Waals surface area contributed by atoms with E-state index in [1.165, 1.54) is 12.1 Å². The first-order valence-corrected chi connectivity index (χ1v) is 21.6. The molecule has 11 heteroatoms. The molecule has 5 nitrogen and oxygen atoms in total. The van der Waals surface area contributed by atoms with Gasteiger partial charge in [0.15, 0.2) is 0 Å². The third-order valence-electron chi connectivity index (χ3n) is 13.2. The van der Waals surface area contributed by atoms with Crippen molar-refractivity contribution in [3.63, 3.8) is 0 Å². The second kappa shape index (κ2) is 14.1. The van der Waals surface area contributed by atoms with Crippen LogP contribution in [0.3, 0.4) is 0 Å². The van der Waals surface area contributed by atoms with Crippen LogP contribution in [-0.4, -0.2) is 9.13 Å². The molecule has 4 heterocycles. The third-order valence-corrected chi connectivity index (χ3v) is 13.2. The van der Waals surface area contributed by atoms with Gasteiger partial charge in [0.25, 0.3) is 0 Å². The molecule has 0 atom stereocenters. The predicted molar refractivity (Wildman–Crippen MR) is 255 cm³/mol. The average molecular weight is 902 g/mol. The van der Waals surface area contributed by atoms with E-state index in [-0.39, 0.29) is 16.8 Å². The largest absolute Gasteiger partial charge is 0.455 e. The van der Waals surface area contributed by atoms with Crippen molar-refractivity contribution < 1.29 is 35.2 Å². The van der Waals surface area contributed by atoms with Crippen LogP contribution < -0.4 is 0 Å². The summed E-state index contributed by atoms with van der Waals surface area (Å²) in [4.78, 5) is 0. The van der Waals surface area contributed by atoms with Crippen molar-refractivity contribution in [1.82, 2.24) is 9.13 Å². The number of nitrogens with zero attached hydrogens (tertiary/aromatic N) is 3. The van der Waals surface area contributed by atoms with Gasteiger partial charge in [-0.2, -0.15) is 31.6 Å². The molecule has 0 saturated heterocycles. The molecule has 0 aliphatic carbocycles. The summed E-state index contributed by atoms with van der Waals surface area (Å²) >= 11 is 0. The van der Waals surface area contributed by atoms with Gasteiger partial charge in [-0.3, -0.25) is 0 Å². The molecule has 0 aliphatic rings. The van der Waals surface area contributed by atoms with Crippen molar-refractivity contribution in [2.45, 2.75) is 12.4 Å². The van der Waals surface area contributed by atoms with Gasteiger partial charge in [-0.1, -0.05) is 91.0 Å². The van der Waals surface area contributed by atoms with E-state index in [2.05, 4.69) is 10.6 Å². The molecule has 0 spiro atoms. The van der Waals surface area contributed by atoms with Crippen LogP contribution in [-0.2, 0) is 12.4 Å². The highest BCUT2D eigenvalue weighted by molar-refractivity contribution is 6.25. The molecule has 68 heavy (non-hydrogen) atoms. The lowest BCUT2D eigenvalue weighted by atomic mass is 9.90. The van der Waals surface area contributed by atoms with Crippen molar-refractivity contribution in [2.24, 2.45) is 0 Å². The van der Waals surface area contributed by atoms with E-state index in [1.54, 1.807) is 18.2 Å². The summed E-state index contributed by atoms with van der Waals surface area (Å²) in [6, 6.07) is 52.5. The molecule has 326 valence electrons. The summed E-state index contributed by atoms with van der Waals surface area (Å²) in [5, 5.41) is 17.3. The van der Waals surface area contributed by atoms with Crippen molar-refractivity contribution in [1.29, 1.82) is 5.26 Å². The Morgan fingerprint density at radius 1 is 0.412 bits per heavy atom. The van der Waals surface area contributed by atoms with Gasteiger partial charge >= 0.3 is 12.4 Å². The molecule has 0 aliphatic heterocycles. The van der Waals surface area contributed by atoms with Crippen molar-refractivity contribution in [3.8, 4) is 39.7 Å². The average Bonchev–Trinajstić information content (AvgIpc) is 4.10. The number of alkyl halides is 6. The second-order valence-electron chi connectivity index (χ2n) is 16.9. The minimum absolute atomic E-state index is 0.269. The number of nitriles is 1. The van der Waals surface area contributed by atoms with Gasteiger partial charge in [0.1, 0.15) is 22.3 Å². The zero-order valence-electron chi connectivity index (χ0n) is 35.2. The van der Waals surface area contributed by atoms with Crippen LogP contribution in [0.5, 0.6) is 0 Å². The Bertz CT molecular complexity index is 4300. The molecular weight excluding hydrogens is 873 g/mol. The van der Waals surface area contributed by atoms with E-state index in [0.29, 0.717) is 62.1 Å². The summed E-state index contributed by atoms with van der Waals surface area (Å²) in [6.45, 7) is 0. The molecule has 0 N–H and O–H groups in total. The Labute approximate surface area is 380 Å². The van der Waals surface area contributed by atoms with Gasteiger partial charge in [-0.25, -0.2) is 0 Å². The number of para-hydroxylation sites is 4. The molecule has 0 radical (unpaired) electrons. The Hall–Kier alpha value is -8.75. The van der Waals surface area contributed by atoms with E-state index in [4.69, 9.17) is 8.83 Å². The Balaban J connectivity index is 1.18. The van der Waals surface area contributed by atoms with Gasteiger partial charge < -0.3 is 18.0 Å². The molecule has 0 amide bonds. The van der Waals surface area contributed by atoms with Crippen LogP contribution in [0.2, 0.25) is 0 Å². The molecule has 4 aromatic heterocycles. The van der Waals surface area contributed by atoms with Crippen LogP contribution >= 0.6 is 0 Å². The second-order valence-corrected chi connectivity index (χ2v) is 16.9. The molecule has 0 bridgehead atoms. The minimum atomic E-state index is -5.13. The molecule has 0 unspecified atom stereocenters. The molecule has 13 aromatic rings. The fourth-order valence-electron chi connectivity index (χ4n) is 10.4. The Morgan fingerprint density at radius 3 is 1.44 bits per heavy atom. The fraction of sp³-hybridized carbons (Fsp3) is 0.0351. The van der Waals surface area contributed by atoms with E-state index in [9.17, 15) is 31.6 Å². The molecule has 0 fully saturated rings. The van der Waals surface area contributed by atoms with Gasteiger partial charge in [-0.05, 0) is 90.5 Å². The molecule has 9 aromatic carbocycles. The van der Waals surface area contributed by atoms with Crippen LogP contribution in [0.15, 0.2) is 185 Å². The summed E-state index contributed by atoms with van der Waals surface area (Å²) in [5.74, 6) is 0. The van der Waals surface area contributed by atoms with Crippen LogP contribution in [0.4, 0.5) is 26.3 Å². The highest BCUT2D eigenvalue weighted by Crippen LogP contribution is 2.49. The zero-order chi connectivity index (χ0) is 46.2. The minimum Gasteiger partial charge on any atom is -0.455 e. The van der Waals surface area contributed by atoms with Crippen molar-refractivity contribution in [3.05, 3.63) is 193 Å². The van der Waals surface area contributed by atoms with E-state index >= 15 is 0 Å². The van der Waals surface area contributed by atoms with Crippen LogP contribution in [0.25, 0.3) is 121 Å². The van der Waals surface area contributed by atoms with E-state index < -0.39 is 29.0 Å². The lowest BCUT2D eigenvalue weighted by molar-refractivity contribution is -0.142. The lowest BCUT2D eigenvalue weighted by Crippen LogP contribution is -2.14. The topological polar surface area (TPSA) is 59.9 Å². The summed E-state index contributed by atoms with van der Waals surface area (Å²) < 4.78 is 107. The smallest absolute Gasteiger partial charge is 0.417 e.